The molecule has 1 unspecified atom stereocenters. The molecule has 0 aliphatic carbocycles. The smallest absolute Gasteiger partial charge is 0.161 e. The lowest BCUT2D eigenvalue weighted by Crippen LogP contribution is -2.01. The average molecular weight is 280 g/mol. The van der Waals surface area contributed by atoms with Crippen LogP contribution in [0.2, 0.25) is 5.15 Å². The summed E-state index contributed by atoms with van der Waals surface area (Å²) < 4.78 is 10.4. The lowest BCUT2D eigenvalue weighted by molar-refractivity contribution is 0.219. The average Bonchev–Trinajstić information content (AvgIpc) is 2.45. The van der Waals surface area contributed by atoms with E-state index in [0.717, 1.165) is 0 Å². The molecule has 1 atom stereocenters. The Balaban J connectivity index is 2.36. The third-order valence-electron chi connectivity index (χ3n) is 2.79. The molecule has 0 bridgehead atoms. The fourth-order valence-corrected chi connectivity index (χ4v) is 1.99. The van der Waals surface area contributed by atoms with Gasteiger partial charge in [-0.2, -0.15) is 0 Å². The number of pyridine rings is 1. The zero-order chi connectivity index (χ0) is 13.8. The molecule has 4 nitrogen and oxygen atoms in total. The molecule has 19 heavy (non-hydrogen) atoms. The molecule has 2 rings (SSSR count). The number of hydrogen-bond donors (Lipinski definition) is 1. The highest BCUT2D eigenvalue weighted by molar-refractivity contribution is 6.29. The third-order valence-corrected chi connectivity index (χ3v) is 3.00. The Morgan fingerprint density at radius 1 is 1.05 bits per heavy atom. The van der Waals surface area contributed by atoms with Crippen LogP contribution in [0.4, 0.5) is 0 Å². The van der Waals surface area contributed by atoms with Gasteiger partial charge in [0.05, 0.1) is 14.2 Å². The van der Waals surface area contributed by atoms with Crippen molar-refractivity contribution in [2.75, 3.05) is 14.2 Å². The number of aliphatic hydroxyl groups excluding tert-OH is 1. The second-order valence-electron chi connectivity index (χ2n) is 3.93. The van der Waals surface area contributed by atoms with Crippen LogP contribution in [0.1, 0.15) is 17.2 Å². The molecule has 0 spiro atoms. The molecule has 0 amide bonds. The van der Waals surface area contributed by atoms with Crippen molar-refractivity contribution in [3.63, 3.8) is 0 Å². The van der Waals surface area contributed by atoms with Crippen molar-refractivity contribution in [1.29, 1.82) is 0 Å². The Kier molecular flexibility index (Phi) is 4.24. The van der Waals surface area contributed by atoms with Crippen LogP contribution in [-0.4, -0.2) is 24.3 Å². The summed E-state index contributed by atoms with van der Waals surface area (Å²) in [6.45, 7) is 0. The Morgan fingerprint density at radius 2 is 1.74 bits per heavy atom. The molecule has 0 radical (unpaired) electrons. The summed E-state index contributed by atoms with van der Waals surface area (Å²) in [7, 11) is 3.12. The van der Waals surface area contributed by atoms with Gasteiger partial charge >= 0.3 is 0 Å². The topological polar surface area (TPSA) is 51.6 Å². The Morgan fingerprint density at radius 3 is 2.37 bits per heavy atom. The van der Waals surface area contributed by atoms with Crippen molar-refractivity contribution in [2.45, 2.75) is 6.10 Å². The molecule has 100 valence electrons. The monoisotopic (exact) mass is 279 g/mol. The quantitative estimate of drug-likeness (QED) is 0.875. The van der Waals surface area contributed by atoms with Crippen LogP contribution in [0.5, 0.6) is 11.5 Å². The van der Waals surface area contributed by atoms with Crippen molar-refractivity contribution in [1.82, 2.24) is 4.98 Å². The fraction of sp³-hybridized carbons (Fsp3) is 0.214. The lowest BCUT2D eigenvalue weighted by Gasteiger charge is -2.14. The third kappa shape index (κ3) is 2.97. The summed E-state index contributed by atoms with van der Waals surface area (Å²) in [4.78, 5) is 3.89. The first-order valence-corrected chi connectivity index (χ1v) is 6.05. The minimum atomic E-state index is -0.791. The van der Waals surface area contributed by atoms with E-state index in [1.54, 1.807) is 50.7 Å². The van der Waals surface area contributed by atoms with Gasteiger partial charge in [-0.15, -0.1) is 0 Å². The minimum Gasteiger partial charge on any atom is -0.493 e. The van der Waals surface area contributed by atoms with Gasteiger partial charge in [-0.05, 0) is 35.4 Å². The van der Waals surface area contributed by atoms with Gasteiger partial charge in [0.25, 0.3) is 0 Å². The maximum absolute atomic E-state index is 10.3. The van der Waals surface area contributed by atoms with Gasteiger partial charge in [0.15, 0.2) is 11.5 Å². The Bertz CT molecular complexity index is 574. The zero-order valence-corrected chi connectivity index (χ0v) is 11.4. The summed E-state index contributed by atoms with van der Waals surface area (Å²) in [6, 6.07) is 8.61. The van der Waals surface area contributed by atoms with Crippen molar-refractivity contribution in [3.05, 3.63) is 52.8 Å². The fourth-order valence-electron chi connectivity index (χ4n) is 1.80. The summed E-state index contributed by atoms with van der Waals surface area (Å²) in [5, 5.41) is 10.7. The Labute approximate surface area is 116 Å². The molecule has 1 aromatic carbocycles. The second-order valence-corrected chi connectivity index (χ2v) is 4.32. The molecule has 1 N–H and O–H groups in total. The van der Waals surface area contributed by atoms with Gasteiger partial charge in [0.2, 0.25) is 0 Å². The van der Waals surface area contributed by atoms with Crippen LogP contribution in [0.3, 0.4) is 0 Å². The van der Waals surface area contributed by atoms with Gasteiger partial charge in [-0.25, -0.2) is 4.98 Å². The number of aromatic nitrogens is 1. The van der Waals surface area contributed by atoms with E-state index in [0.29, 0.717) is 27.8 Å². The lowest BCUT2D eigenvalue weighted by atomic mass is 10.0. The summed E-state index contributed by atoms with van der Waals surface area (Å²) in [6.07, 6.45) is 0.766. The van der Waals surface area contributed by atoms with E-state index in [4.69, 9.17) is 21.1 Å². The molecule has 1 heterocycles. The number of halogens is 1. The van der Waals surface area contributed by atoms with Gasteiger partial charge in [-0.1, -0.05) is 17.7 Å². The van der Waals surface area contributed by atoms with Gasteiger partial charge in [0, 0.05) is 6.20 Å². The van der Waals surface area contributed by atoms with Gasteiger partial charge < -0.3 is 14.6 Å². The maximum Gasteiger partial charge on any atom is 0.161 e. The van der Waals surface area contributed by atoms with E-state index < -0.39 is 6.10 Å². The maximum atomic E-state index is 10.3. The van der Waals surface area contributed by atoms with E-state index >= 15 is 0 Å². The molecule has 0 saturated heterocycles. The number of nitrogens with zero attached hydrogens (tertiary/aromatic N) is 1. The van der Waals surface area contributed by atoms with Gasteiger partial charge in [0.1, 0.15) is 11.3 Å². The molecule has 1 aromatic heterocycles. The van der Waals surface area contributed by atoms with Crippen LogP contribution < -0.4 is 9.47 Å². The number of benzene rings is 1. The van der Waals surface area contributed by atoms with Crippen molar-refractivity contribution < 1.29 is 14.6 Å². The van der Waals surface area contributed by atoms with E-state index in [2.05, 4.69) is 4.98 Å². The van der Waals surface area contributed by atoms with Crippen LogP contribution in [-0.2, 0) is 0 Å². The largest absolute Gasteiger partial charge is 0.493 e. The predicted molar refractivity (Wildman–Crippen MR) is 72.9 cm³/mol. The molecular weight excluding hydrogens is 266 g/mol. The highest BCUT2D eigenvalue weighted by Gasteiger charge is 2.14. The van der Waals surface area contributed by atoms with E-state index in [1.165, 1.54) is 0 Å². The van der Waals surface area contributed by atoms with Crippen LogP contribution in [0.15, 0.2) is 36.5 Å². The summed E-state index contributed by atoms with van der Waals surface area (Å²) in [5.41, 5.74) is 1.37. The molecule has 0 aliphatic heterocycles. The van der Waals surface area contributed by atoms with E-state index in [-0.39, 0.29) is 0 Å². The van der Waals surface area contributed by atoms with E-state index in [9.17, 15) is 5.11 Å². The summed E-state index contributed by atoms with van der Waals surface area (Å²) >= 11 is 5.82. The molecule has 0 aliphatic rings. The Hall–Kier alpha value is -1.78. The van der Waals surface area contributed by atoms with Crippen molar-refractivity contribution in [3.8, 4) is 11.5 Å². The molecule has 5 heteroatoms. The number of aliphatic hydroxyl groups is 1. The standard InChI is InChI=1S/C14H14ClNO3/c1-18-11-4-3-9(7-12(11)19-2)14(17)10-5-6-16-13(15)8-10/h3-8,14,17H,1-2H3. The van der Waals surface area contributed by atoms with Crippen LogP contribution >= 0.6 is 11.6 Å². The first-order chi connectivity index (χ1) is 9.15. The first kappa shape index (κ1) is 13.6. The molecule has 0 fully saturated rings. The van der Waals surface area contributed by atoms with Crippen molar-refractivity contribution in [2.24, 2.45) is 0 Å². The number of rotatable bonds is 4. The molecular formula is C14H14ClNO3. The minimum absolute atomic E-state index is 0.344. The molecule has 0 saturated carbocycles. The number of ether oxygens (including phenoxy) is 2. The van der Waals surface area contributed by atoms with Crippen LogP contribution in [0.25, 0.3) is 0 Å². The molecule has 2 aromatic rings. The highest BCUT2D eigenvalue weighted by atomic mass is 35.5. The first-order valence-electron chi connectivity index (χ1n) is 5.67. The second kappa shape index (κ2) is 5.91. The van der Waals surface area contributed by atoms with Gasteiger partial charge in [-0.3, -0.25) is 0 Å². The predicted octanol–water partition coefficient (Wildman–Crippen LogP) is 2.83. The zero-order valence-electron chi connectivity index (χ0n) is 10.6. The summed E-state index contributed by atoms with van der Waals surface area (Å²) in [5.74, 6) is 1.19. The SMILES string of the molecule is COc1ccc(C(O)c2ccnc(Cl)c2)cc1OC. The number of hydrogen-bond acceptors (Lipinski definition) is 4. The highest BCUT2D eigenvalue weighted by Crippen LogP contribution is 2.32. The van der Waals surface area contributed by atoms with Crippen LogP contribution in [0, 0.1) is 0 Å². The van der Waals surface area contributed by atoms with Crippen molar-refractivity contribution >= 4 is 11.6 Å². The van der Waals surface area contributed by atoms with E-state index in [1.807, 2.05) is 0 Å². The number of methoxy groups -OCH3 is 2. The normalized spacial score (nSPS) is 12.0.